The van der Waals surface area contributed by atoms with Gasteiger partial charge in [-0.1, -0.05) is 78.5 Å². The first kappa shape index (κ1) is 26.1. The van der Waals surface area contributed by atoms with Crippen LogP contribution in [0.3, 0.4) is 0 Å². The second-order valence-corrected chi connectivity index (χ2v) is 15.1. The Morgan fingerprint density at radius 3 is 2.10 bits per heavy atom. The molecule has 0 spiro atoms. The van der Waals surface area contributed by atoms with Gasteiger partial charge in [-0.25, -0.2) is 0 Å². The third-order valence-electron chi connectivity index (χ3n) is 6.41. The molecule has 1 aromatic rings. The fourth-order valence-electron chi connectivity index (χ4n) is 3.12. The summed E-state index contributed by atoms with van der Waals surface area (Å²) in [6.45, 7) is 24.5. The summed E-state index contributed by atoms with van der Waals surface area (Å²) in [6.07, 6.45) is -0.0427. The molecular weight excluding hydrogens is 376 g/mol. The molecule has 0 aromatic heterocycles. The van der Waals surface area contributed by atoms with Crippen molar-refractivity contribution in [2.75, 3.05) is 0 Å². The van der Waals surface area contributed by atoms with E-state index in [1.54, 1.807) is 0 Å². The van der Waals surface area contributed by atoms with Crippen molar-refractivity contribution >= 4 is 8.32 Å². The molecule has 0 radical (unpaired) electrons. The van der Waals surface area contributed by atoms with Crippen LogP contribution in [0.4, 0.5) is 0 Å². The van der Waals surface area contributed by atoms with E-state index in [0.717, 1.165) is 11.1 Å². The van der Waals surface area contributed by atoms with Crippen LogP contribution in [-0.2, 0) is 15.8 Å². The first-order valence-corrected chi connectivity index (χ1v) is 13.9. The van der Waals surface area contributed by atoms with Gasteiger partial charge in [-0.05, 0) is 48.5 Å². The largest absolute Gasteiger partial charge is 0.413 e. The standard InChI is InChI=1S/C25H44O3Si/c1-18(2)24(28-29(9,10)25(6,7)8)20(4)23(26)16-19(3)21(5)27-17-22-14-12-11-13-15-22/h11-15,18,20-21,23-24,26H,3,16-17H2,1-2,4-10H3/t20-,21+,23-,24-/m0/s1. The molecule has 0 aliphatic rings. The minimum Gasteiger partial charge on any atom is -0.413 e. The van der Waals surface area contributed by atoms with E-state index in [9.17, 15) is 5.11 Å². The van der Waals surface area contributed by atoms with E-state index in [1.807, 2.05) is 25.1 Å². The summed E-state index contributed by atoms with van der Waals surface area (Å²) in [5.41, 5.74) is 2.07. The van der Waals surface area contributed by atoms with Gasteiger partial charge in [-0.15, -0.1) is 0 Å². The fraction of sp³-hybridized carbons (Fsp3) is 0.680. The van der Waals surface area contributed by atoms with E-state index in [-0.39, 0.29) is 23.2 Å². The molecule has 0 aliphatic carbocycles. The van der Waals surface area contributed by atoms with Crippen LogP contribution < -0.4 is 0 Å². The molecule has 0 saturated carbocycles. The zero-order chi connectivity index (χ0) is 22.4. The normalized spacial score (nSPS) is 17.1. The molecule has 166 valence electrons. The van der Waals surface area contributed by atoms with Crippen LogP contribution in [0, 0.1) is 11.8 Å². The third-order valence-corrected chi connectivity index (χ3v) is 10.9. The van der Waals surface area contributed by atoms with Gasteiger partial charge in [-0.3, -0.25) is 0 Å². The molecular formula is C25H44O3Si. The second-order valence-electron chi connectivity index (χ2n) is 10.3. The molecule has 4 heteroatoms. The van der Waals surface area contributed by atoms with Gasteiger partial charge >= 0.3 is 0 Å². The summed E-state index contributed by atoms with van der Waals surface area (Å²) in [5, 5.41) is 11.1. The lowest BCUT2D eigenvalue weighted by Crippen LogP contribution is -2.48. The molecule has 4 atom stereocenters. The molecule has 0 saturated heterocycles. The number of benzene rings is 1. The van der Waals surface area contributed by atoms with Crippen LogP contribution in [-0.4, -0.2) is 31.7 Å². The zero-order valence-corrected chi connectivity index (χ0v) is 21.2. The zero-order valence-electron chi connectivity index (χ0n) is 20.2. The molecule has 0 fully saturated rings. The van der Waals surface area contributed by atoms with Crippen LogP contribution in [0.25, 0.3) is 0 Å². The average molecular weight is 421 g/mol. The predicted octanol–water partition coefficient (Wildman–Crippen LogP) is 6.58. The van der Waals surface area contributed by atoms with Crippen LogP contribution >= 0.6 is 0 Å². The van der Waals surface area contributed by atoms with Crippen molar-refractivity contribution in [1.82, 2.24) is 0 Å². The Hall–Kier alpha value is -0.943. The van der Waals surface area contributed by atoms with Crippen molar-refractivity contribution in [3.8, 4) is 0 Å². The first-order valence-electron chi connectivity index (χ1n) is 11.0. The Kier molecular flexibility index (Phi) is 9.81. The summed E-state index contributed by atoms with van der Waals surface area (Å²) < 4.78 is 12.7. The number of hydrogen-bond acceptors (Lipinski definition) is 3. The molecule has 29 heavy (non-hydrogen) atoms. The van der Waals surface area contributed by atoms with Crippen molar-refractivity contribution in [3.05, 3.63) is 48.0 Å². The molecule has 1 N–H and O–H groups in total. The van der Waals surface area contributed by atoms with Crippen LogP contribution in [0.1, 0.15) is 60.5 Å². The molecule has 0 bridgehead atoms. The second kappa shape index (κ2) is 10.9. The Labute approximate surface area is 180 Å². The SMILES string of the molecule is C=C(C[C@H](O)[C@H](C)[C@@H](O[Si](C)(C)C(C)(C)C)C(C)C)[C@@H](C)OCc1ccccc1. The van der Waals surface area contributed by atoms with Crippen LogP contribution in [0.5, 0.6) is 0 Å². The Balaban J connectivity index is 2.69. The number of rotatable bonds is 11. The van der Waals surface area contributed by atoms with Crippen molar-refractivity contribution in [2.24, 2.45) is 11.8 Å². The predicted molar refractivity (Wildman–Crippen MR) is 127 cm³/mol. The summed E-state index contributed by atoms with van der Waals surface area (Å²) in [4.78, 5) is 0. The van der Waals surface area contributed by atoms with Crippen molar-refractivity contribution in [2.45, 2.75) is 97.9 Å². The number of aliphatic hydroxyl groups is 1. The van der Waals surface area contributed by atoms with Gasteiger partial charge in [0.1, 0.15) is 0 Å². The third kappa shape index (κ3) is 8.01. The number of ether oxygens (including phenoxy) is 1. The maximum absolute atomic E-state index is 11.0. The summed E-state index contributed by atoms with van der Waals surface area (Å²) in [6, 6.07) is 10.1. The Morgan fingerprint density at radius 1 is 1.07 bits per heavy atom. The minimum absolute atomic E-state index is 0.0271. The highest BCUT2D eigenvalue weighted by Crippen LogP contribution is 2.39. The van der Waals surface area contributed by atoms with Crippen molar-refractivity contribution in [3.63, 3.8) is 0 Å². The molecule has 0 amide bonds. The highest BCUT2D eigenvalue weighted by atomic mass is 28.4. The van der Waals surface area contributed by atoms with E-state index in [2.05, 4.69) is 73.3 Å². The molecule has 1 rings (SSSR count). The van der Waals surface area contributed by atoms with Crippen LogP contribution in [0.2, 0.25) is 18.1 Å². The molecule has 0 aliphatic heterocycles. The van der Waals surface area contributed by atoms with Gasteiger partial charge in [0, 0.05) is 5.92 Å². The fourth-order valence-corrected chi connectivity index (χ4v) is 4.64. The Bertz CT molecular complexity index is 619. The van der Waals surface area contributed by atoms with Gasteiger partial charge in [-0.2, -0.15) is 0 Å². The summed E-state index contributed by atoms with van der Waals surface area (Å²) in [5.74, 6) is 0.371. The maximum atomic E-state index is 11.0. The van der Waals surface area contributed by atoms with E-state index in [0.29, 0.717) is 18.9 Å². The van der Waals surface area contributed by atoms with E-state index in [1.165, 1.54) is 0 Å². The summed E-state index contributed by atoms with van der Waals surface area (Å²) >= 11 is 0. The molecule has 3 nitrogen and oxygen atoms in total. The number of aliphatic hydroxyl groups excluding tert-OH is 1. The first-order chi connectivity index (χ1) is 13.3. The van der Waals surface area contributed by atoms with Gasteiger partial charge in [0.25, 0.3) is 0 Å². The van der Waals surface area contributed by atoms with Gasteiger partial charge in [0.05, 0.1) is 24.9 Å². The highest BCUT2D eigenvalue weighted by molar-refractivity contribution is 6.74. The highest BCUT2D eigenvalue weighted by Gasteiger charge is 2.41. The smallest absolute Gasteiger partial charge is 0.192 e. The van der Waals surface area contributed by atoms with E-state index >= 15 is 0 Å². The summed E-state index contributed by atoms with van der Waals surface area (Å²) in [7, 11) is -1.91. The van der Waals surface area contributed by atoms with Gasteiger partial charge < -0.3 is 14.3 Å². The maximum Gasteiger partial charge on any atom is 0.192 e. The van der Waals surface area contributed by atoms with E-state index in [4.69, 9.17) is 9.16 Å². The van der Waals surface area contributed by atoms with Crippen LogP contribution in [0.15, 0.2) is 42.5 Å². The van der Waals surface area contributed by atoms with Gasteiger partial charge in [0.15, 0.2) is 8.32 Å². The average Bonchev–Trinajstić information content (AvgIpc) is 2.63. The minimum atomic E-state index is -1.91. The van der Waals surface area contributed by atoms with Crippen molar-refractivity contribution < 1.29 is 14.3 Å². The monoisotopic (exact) mass is 420 g/mol. The molecule has 0 heterocycles. The van der Waals surface area contributed by atoms with E-state index < -0.39 is 14.4 Å². The van der Waals surface area contributed by atoms with Gasteiger partial charge in [0.2, 0.25) is 0 Å². The lowest BCUT2D eigenvalue weighted by Gasteiger charge is -2.43. The Morgan fingerprint density at radius 2 is 1.62 bits per heavy atom. The molecule has 1 aromatic carbocycles. The number of hydrogen-bond donors (Lipinski definition) is 1. The lowest BCUT2D eigenvalue weighted by atomic mass is 9.87. The lowest BCUT2D eigenvalue weighted by molar-refractivity contribution is 0.000721. The topological polar surface area (TPSA) is 38.7 Å². The molecule has 0 unspecified atom stereocenters. The van der Waals surface area contributed by atoms with Crippen molar-refractivity contribution in [1.29, 1.82) is 0 Å². The quantitative estimate of drug-likeness (QED) is 0.324.